The second-order valence-corrected chi connectivity index (χ2v) is 6.05. The van der Waals surface area contributed by atoms with Crippen LogP contribution in [0, 0.1) is 13.8 Å². The van der Waals surface area contributed by atoms with Gasteiger partial charge in [-0.25, -0.2) is 9.78 Å². The van der Waals surface area contributed by atoms with Crippen LogP contribution in [0.25, 0.3) is 11.0 Å². The quantitative estimate of drug-likeness (QED) is 0.593. The number of ether oxygens (including phenoxy) is 1. The number of aryl methyl sites for hydroxylation is 1. The Kier molecular flexibility index (Phi) is 5.06. The number of carbonyl (C=O) groups is 2. The van der Waals surface area contributed by atoms with E-state index < -0.39 is 5.97 Å². The van der Waals surface area contributed by atoms with Gasteiger partial charge in [0.2, 0.25) is 0 Å². The minimum atomic E-state index is -0.417. The van der Waals surface area contributed by atoms with Gasteiger partial charge >= 0.3 is 5.97 Å². The van der Waals surface area contributed by atoms with Crippen LogP contribution in [0.15, 0.2) is 24.3 Å². The van der Waals surface area contributed by atoms with E-state index in [2.05, 4.69) is 20.3 Å². The Labute approximate surface area is 151 Å². The summed E-state index contributed by atoms with van der Waals surface area (Å²) in [6.45, 7) is 5.97. The maximum Gasteiger partial charge on any atom is 0.340 e. The molecule has 0 aliphatic heterocycles. The van der Waals surface area contributed by atoms with Crippen LogP contribution in [0.1, 0.15) is 44.9 Å². The molecule has 0 radical (unpaired) electrons. The fraction of sp³-hybridized carbons (Fsp3) is 0.316. The summed E-state index contributed by atoms with van der Waals surface area (Å²) in [4.78, 5) is 35.2. The van der Waals surface area contributed by atoms with Gasteiger partial charge in [-0.05, 0) is 38.5 Å². The highest BCUT2D eigenvalue weighted by atomic mass is 16.5. The van der Waals surface area contributed by atoms with Crippen molar-refractivity contribution in [1.29, 1.82) is 0 Å². The van der Waals surface area contributed by atoms with E-state index in [4.69, 9.17) is 4.74 Å². The third kappa shape index (κ3) is 3.46. The lowest BCUT2D eigenvalue weighted by atomic mass is 10.1. The third-order valence-electron chi connectivity index (χ3n) is 4.23. The molecule has 3 aromatic rings. The monoisotopic (exact) mass is 354 g/mol. The van der Waals surface area contributed by atoms with E-state index >= 15 is 0 Å². The number of para-hydroxylation sites is 2. The normalized spacial score (nSPS) is 10.9. The SMILES string of the molecule is CCOC(=O)c1c(C)[nH]c(C(=O)NCCc2nc3ccccc3[nH]2)c1C. The number of hydrogen-bond donors (Lipinski definition) is 3. The Morgan fingerprint density at radius 3 is 2.69 bits per heavy atom. The number of nitrogens with one attached hydrogen (secondary N) is 3. The minimum absolute atomic E-state index is 0.253. The van der Waals surface area contributed by atoms with Gasteiger partial charge in [0, 0.05) is 18.7 Å². The van der Waals surface area contributed by atoms with E-state index in [1.165, 1.54) is 0 Å². The van der Waals surface area contributed by atoms with Gasteiger partial charge in [0.05, 0.1) is 23.2 Å². The van der Waals surface area contributed by atoms with Crippen LogP contribution in [0.2, 0.25) is 0 Å². The number of aromatic nitrogens is 3. The molecule has 0 unspecified atom stereocenters. The number of fused-ring (bicyclic) bond motifs is 1. The summed E-state index contributed by atoms with van der Waals surface area (Å²) in [6, 6.07) is 7.79. The van der Waals surface area contributed by atoms with Crippen molar-refractivity contribution in [2.45, 2.75) is 27.2 Å². The Bertz CT molecular complexity index is 922. The number of hydrogen-bond acceptors (Lipinski definition) is 4. The van der Waals surface area contributed by atoms with Crippen LogP contribution < -0.4 is 5.32 Å². The van der Waals surface area contributed by atoms with Gasteiger partial charge in [-0.2, -0.15) is 0 Å². The van der Waals surface area contributed by atoms with Crippen molar-refractivity contribution >= 4 is 22.9 Å². The highest BCUT2D eigenvalue weighted by Gasteiger charge is 2.22. The largest absolute Gasteiger partial charge is 0.462 e. The lowest BCUT2D eigenvalue weighted by molar-refractivity contribution is 0.0525. The molecule has 136 valence electrons. The van der Waals surface area contributed by atoms with Crippen molar-refractivity contribution in [3.8, 4) is 0 Å². The van der Waals surface area contributed by atoms with E-state index in [9.17, 15) is 9.59 Å². The topological polar surface area (TPSA) is 99.9 Å². The van der Waals surface area contributed by atoms with Gasteiger partial charge < -0.3 is 20.0 Å². The summed E-state index contributed by atoms with van der Waals surface area (Å²) >= 11 is 0. The van der Waals surface area contributed by atoms with Crippen molar-refractivity contribution in [1.82, 2.24) is 20.3 Å². The molecule has 3 rings (SSSR count). The van der Waals surface area contributed by atoms with Crippen molar-refractivity contribution in [3.05, 3.63) is 52.6 Å². The van der Waals surface area contributed by atoms with Gasteiger partial charge in [-0.1, -0.05) is 12.1 Å². The molecule has 0 saturated carbocycles. The van der Waals surface area contributed by atoms with Crippen molar-refractivity contribution in [2.24, 2.45) is 0 Å². The average molecular weight is 354 g/mol. The zero-order chi connectivity index (χ0) is 18.7. The molecule has 2 aromatic heterocycles. The molecule has 0 saturated heterocycles. The molecule has 2 heterocycles. The number of amides is 1. The first-order chi connectivity index (χ1) is 12.5. The zero-order valence-corrected chi connectivity index (χ0v) is 15.1. The third-order valence-corrected chi connectivity index (χ3v) is 4.23. The van der Waals surface area contributed by atoms with Crippen molar-refractivity contribution < 1.29 is 14.3 Å². The van der Waals surface area contributed by atoms with Gasteiger partial charge in [0.15, 0.2) is 0 Å². The molecule has 7 heteroatoms. The highest BCUT2D eigenvalue weighted by Crippen LogP contribution is 2.19. The van der Waals surface area contributed by atoms with E-state index in [1.807, 2.05) is 24.3 Å². The van der Waals surface area contributed by atoms with Crippen LogP contribution in [-0.2, 0) is 11.2 Å². The zero-order valence-electron chi connectivity index (χ0n) is 15.1. The van der Waals surface area contributed by atoms with Gasteiger partial charge in [0.25, 0.3) is 5.91 Å². The Balaban J connectivity index is 1.65. The molecule has 26 heavy (non-hydrogen) atoms. The molecule has 0 bridgehead atoms. The molecule has 7 nitrogen and oxygen atoms in total. The second-order valence-electron chi connectivity index (χ2n) is 6.05. The van der Waals surface area contributed by atoms with Gasteiger partial charge in [-0.15, -0.1) is 0 Å². The average Bonchev–Trinajstić information content (AvgIpc) is 3.15. The fourth-order valence-electron chi connectivity index (χ4n) is 2.99. The second kappa shape index (κ2) is 7.43. The number of benzene rings is 1. The summed E-state index contributed by atoms with van der Waals surface area (Å²) in [5, 5.41) is 2.86. The predicted molar refractivity (Wildman–Crippen MR) is 98.4 cm³/mol. The standard InChI is InChI=1S/C19H22N4O3/c1-4-26-19(25)16-11(2)17(21-12(16)3)18(24)20-10-9-15-22-13-7-5-6-8-14(13)23-15/h5-8,21H,4,9-10H2,1-3H3,(H,20,24)(H,22,23). The van der Waals surface area contributed by atoms with Gasteiger partial charge in [-0.3, -0.25) is 4.79 Å². The lowest BCUT2D eigenvalue weighted by Crippen LogP contribution is -2.27. The molecular formula is C19H22N4O3. The Morgan fingerprint density at radius 2 is 1.96 bits per heavy atom. The van der Waals surface area contributed by atoms with E-state index in [-0.39, 0.29) is 5.91 Å². The van der Waals surface area contributed by atoms with Crippen molar-refractivity contribution in [3.63, 3.8) is 0 Å². The van der Waals surface area contributed by atoms with Crippen LogP contribution in [0.3, 0.4) is 0 Å². The summed E-state index contributed by atoms with van der Waals surface area (Å²) in [5.74, 6) is 0.149. The minimum Gasteiger partial charge on any atom is -0.462 e. The molecule has 3 N–H and O–H groups in total. The molecule has 0 aliphatic rings. The Hall–Kier alpha value is -3.09. The number of esters is 1. The predicted octanol–water partition coefficient (Wildman–Crippen LogP) is 2.66. The molecule has 1 amide bonds. The lowest BCUT2D eigenvalue weighted by Gasteiger charge is -2.04. The number of aromatic amines is 2. The maximum absolute atomic E-state index is 12.4. The number of H-pyrrole nitrogens is 2. The molecule has 0 fully saturated rings. The molecule has 0 aliphatic carbocycles. The maximum atomic E-state index is 12.4. The van der Waals surface area contributed by atoms with Gasteiger partial charge in [0.1, 0.15) is 11.5 Å². The smallest absolute Gasteiger partial charge is 0.340 e. The van der Waals surface area contributed by atoms with E-state index in [1.54, 1.807) is 20.8 Å². The number of imidazole rings is 1. The molecule has 0 atom stereocenters. The highest BCUT2D eigenvalue weighted by molar-refractivity contribution is 6.00. The number of nitrogens with zero attached hydrogens (tertiary/aromatic N) is 1. The first kappa shape index (κ1) is 17.7. The van der Waals surface area contributed by atoms with Crippen LogP contribution in [0.4, 0.5) is 0 Å². The van der Waals surface area contributed by atoms with Crippen LogP contribution >= 0.6 is 0 Å². The van der Waals surface area contributed by atoms with Crippen LogP contribution in [-0.4, -0.2) is 40.0 Å². The fourth-order valence-corrected chi connectivity index (χ4v) is 2.99. The van der Waals surface area contributed by atoms with Crippen LogP contribution in [0.5, 0.6) is 0 Å². The van der Waals surface area contributed by atoms with E-state index in [0.717, 1.165) is 16.9 Å². The van der Waals surface area contributed by atoms with Crippen molar-refractivity contribution in [2.75, 3.05) is 13.2 Å². The number of rotatable bonds is 6. The summed E-state index contributed by atoms with van der Waals surface area (Å²) in [7, 11) is 0. The molecular weight excluding hydrogens is 332 g/mol. The van der Waals surface area contributed by atoms with E-state index in [0.29, 0.717) is 42.1 Å². The summed E-state index contributed by atoms with van der Waals surface area (Å²) in [5.41, 5.74) is 3.92. The summed E-state index contributed by atoms with van der Waals surface area (Å²) < 4.78 is 5.05. The Morgan fingerprint density at radius 1 is 1.19 bits per heavy atom. The first-order valence-electron chi connectivity index (χ1n) is 8.59. The summed E-state index contributed by atoms with van der Waals surface area (Å²) in [6.07, 6.45) is 0.587. The molecule has 1 aromatic carbocycles. The molecule has 0 spiro atoms. The first-order valence-corrected chi connectivity index (χ1v) is 8.59. The number of carbonyl (C=O) groups excluding carboxylic acids is 2.